The van der Waals surface area contributed by atoms with E-state index in [4.69, 9.17) is 23.2 Å². The normalized spacial score (nSPS) is 11.2. The number of para-hydroxylation sites is 1. The van der Waals surface area contributed by atoms with Crippen LogP contribution in [0.1, 0.15) is 5.56 Å². The van der Waals surface area contributed by atoms with Crippen molar-refractivity contribution in [1.29, 1.82) is 0 Å². The molecule has 5 heteroatoms. The number of rotatable bonds is 5. The lowest BCUT2D eigenvalue weighted by Crippen LogP contribution is -2.25. The van der Waals surface area contributed by atoms with Crippen LogP contribution in [0, 0.1) is 0 Å². The number of fused-ring (bicyclic) bond motifs is 1. The minimum absolute atomic E-state index is 0.141. The Hall–Kier alpha value is -2.23. The zero-order valence-electron chi connectivity index (χ0n) is 12.9. The predicted octanol–water partition coefficient (Wildman–Crippen LogP) is 4.78. The quantitative estimate of drug-likeness (QED) is 0.654. The summed E-state index contributed by atoms with van der Waals surface area (Å²) in [7, 11) is 0. The van der Waals surface area contributed by atoms with Crippen molar-refractivity contribution in [2.45, 2.75) is 6.54 Å². The van der Waals surface area contributed by atoms with Gasteiger partial charge in [-0.05, 0) is 41.3 Å². The molecule has 0 fully saturated rings. The van der Waals surface area contributed by atoms with Gasteiger partial charge in [0.2, 0.25) is 5.91 Å². The average Bonchev–Trinajstić information content (AvgIpc) is 2.99. The van der Waals surface area contributed by atoms with E-state index < -0.39 is 0 Å². The lowest BCUT2D eigenvalue weighted by Gasteiger charge is -2.06. The monoisotopic (exact) mass is 358 g/mol. The third-order valence-electron chi connectivity index (χ3n) is 3.70. The van der Waals surface area contributed by atoms with E-state index in [0.717, 1.165) is 17.6 Å². The number of nitrogens with zero attached hydrogens (tertiary/aromatic N) is 1. The molecule has 122 valence electrons. The molecule has 0 aliphatic rings. The van der Waals surface area contributed by atoms with Crippen LogP contribution in [0.4, 0.5) is 0 Å². The molecule has 0 bridgehead atoms. The zero-order chi connectivity index (χ0) is 16.9. The molecule has 0 aliphatic carbocycles. The Labute approximate surface area is 150 Å². The summed E-state index contributed by atoms with van der Waals surface area (Å²) >= 11 is 11.8. The highest BCUT2D eigenvalue weighted by Gasteiger charge is 2.01. The lowest BCUT2D eigenvalue weighted by molar-refractivity contribution is -0.116. The first-order valence-electron chi connectivity index (χ1n) is 7.58. The number of nitrogens with one attached hydrogen (secondary N) is 1. The van der Waals surface area contributed by atoms with E-state index in [0.29, 0.717) is 16.6 Å². The minimum atomic E-state index is -0.141. The van der Waals surface area contributed by atoms with Crippen LogP contribution in [0.25, 0.3) is 17.0 Å². The number of amides is 1. The summed E-state index contributed by atoms with van der Waals surface area (Å²) in [5.74, 6) is -0.141. The van der Waals surface area contributed by atoms with Gasteiger partial charge in [-0.25, -0.2) is 0 Å². The SMILES string of the molecule is O=C(/C=C/c1ccc(Cl)c(Cl)c1)NCCn1ccc2ccccc21. The van der Waals surface area contributed by atoms with Gasteiger partial charge in [-0.2, -0.15) is 0 Å². The molecule has 0 spiro atoms. The highest BCUT2D eigenvalue weighted by Crippen LogP contribution is 2.23. The summed E-state index contributed by atoms with van der Waals surface area (Å²) in [5.41, 5.74) is 1.99. The first-order chi connectivity index (χ1) is 11.6. The molecule has 0 saturated carbocycles. The maximum Gasteiger partial charge on any atom is 0.244 e. The van der Waals surface area contributed by atoms with Crippen molar-refractivity contribution in [2.24, 2.45) is 0 Å². The van der Waals surface area contributed by atoms with Crippen LogP contribution in [0.15, 0.2) is 60.8 Å². The molecule has 3 rings (SSSR count). The molecule has 2 aromatic carbocycles. The van der Waals surface area contributed by atoms with Gasteiger partial charge in [0.25, 0.3) is 0 Å². The van der Waals surface area contributed by atoms with Gasteiger partial charge in [-0.15, -0.1) is 0 Å². The van der Waals surface area contributed by atoms with E-state index in [1.165, 1.54) is 11.5 Å². The second kappa shape index (κ2) is 7.56. The average molecular weight is 359 g/mol. The second-order valence-corrected chi connectivity index (χ2v) is 6.18. The van der Waals surface area contributed by atoms with Gasteiger partial charge in [0.1, 0.15) is 0 Å². The number of benzene rings is 2. The Morgan fingerprint density at radius 1 is 1.08 bits per heavy atom. The van der Waals surface area contributed by atoms with Gasteiger partial charge in [-0.3, -0.25) is 4.79 Å². The number of halogens is 2. The third-order valence-corrected chi connectivity index (χ3v) is 4.44. The second-order valence-electron chi connectivity index (χ2n) is 5.37. The van der Waals surface area contributed by atoms with E-state index in [9.17, 15) is 4.79 Å². The van der Waals surface area contributed by atoms with Gasteiger partial charge in [0, 0.05) is 30.9 Å². The molecular formula is C19H16Cl2N2O. The maximum absolute atomic E-state index is 11.9. The van der Waals surface area contributed by atoms with E-state index in [1.54, 1.807) is 18.2 Å². The highest BCUT2D eigenvalue weighted by atomic mass is 35.5. The fraction of sp³-hybridized carbons (Fsp3) is 0.105. The summed E-state index contributed by atoms with van der Waals surface area (Å²) in [6.07, 6.45) is 5.23. The molecule has 1 amide bonds. The molecule has 1 heterocycles. The fourth-order valence-corrected chi connectivity index (χ4v) is 2.79. The van der Waals surface area contributed by atoms with Crippen LogP contribution in [0.3, 0.4) is 0 Å². The maximum atomic E-state index is 11.9. The van der Waals surface area contributed by atoms with Gasteiger partial charge >= 0.3 is 0 Å². The van der Waals surface area contributed by atoms with Crippen molar-refractivity contribution < 1.29 is 4.79 Å². The summed E-state index contributed by atoms with van der Waals surface area (Å²) in [4.78, 5) is 11.9. The Bertz CT molecular complexity index is 899. The molecule has 0 unspecified atom stereocenters. The van der Waals surface area contributed by atoms with Crippen LogP contribution in [-0.4, -0.2) is 17.0 Å². The van der Waals surface area contributed by atoms with Crippen molar-refractivity contribution in [3.8, 4) is 0 Å². The summed E-state index contributed by atoms with van der Waals surface area (Å²) in [6, 6.07) is 15.5. The Balaban J connectivity index is 1.54. The molecule has 0 saturated heterocycles. The Morgan fingerprint density at radius 3 is 2.75 bits per heavy atom. The number of hydrogen-bond donors (Lipinski definition) is 1. The van der Waals surface area contributed by atoms with Gasteiger partial charge in [0.15, 0.2) is 0 Å². The smallest absolute Gasteiger partial charge is 0.244 e. The Kier molecular flexibility index (Phi) is 5.24. The van der Waals surface area contributed by atoms with E-state index in [-0.39, 0.29) is 5.91 Å². The predicted molar refractivity (Wildman–Crippen MR) is 100 cm³/mol. The first kappa shape index (κ1) is 16.6. The van der Waals surface area contributed by atoms with E-state index >= 15 is 0 Å². The largest absolute Gasteiger partial charge is 0.351 e. The lowest BCUT2D eigenvalue weighted by atomic mass is 10.2. The highest BCUT2D eigenvalue weighted by molar-refractivity contribution is 6.42. The van der Waals surface area contributed by atoms with Crippen LogP contribution in [0.5, 0.6) is 0 Å². The molecule has 1 N–H and O–H groups in total. The number of carbonyl (C=O) groups excluding carboxylic acids is 1. The van der Waals surface area contributed by atoms with Crippen LogP contribution >= 0.6 is 23.2 Å². The summed E-state index contributed by atoms with van der Waals surface area (Å²) in [6.45, 7) is 1.28. The minimum Gasteiger partial charge on any atom is -0.351 e. The number of hydrogen-bond acceptors (Lipinski definition) is 1. The van der Waals surface area contributed by atoms with Crippen molar-refractivity contribution in [2.75, 3.05) is 6.54 Å². The molecule has 1 aromatic heterocycles. The van der Waals surface area contributed by atoms with E-state index in [2.05, 4.69) is 28.1 Å². The number of carbonyl (C=O) groups is 1. The molecule has 24 heavy (non-hydrogen) atoms. The van der Waals surface area contributed by atoms with Crippen LogP contribution in [0.2, 0.25) is 10.0 Å². The number of aromatic nitrogens is 1. The van der Waals surface area contributed by atoms with Gasteiger partial charge < -0.3 is 9.88 Å². The van der Waals surface area contributed by atoms with Crippen LogP contribution < -0.4 is 5.32 Å². The van der Waals surface area contributed by atoms with Crippen molar-refractivity contribution >= 4 is 46.1 Å². The zero-order valence-corrected chi connectivity index (χ0v) is 14.4. The van der Waals surface area contributed by atoms with Gasteiger partial charge in [-0.1, -0.05) is 47.5 Å². The Morgan fingerprint density at radius 2 is 1.92 bits per heavy atom. The topological polar surface area (TPSA) is 34.0 Å². The van der Waals surface area contributed by atoms with Gasteiger partial charge in [0.05, 0.1) is 10.0 Å². The molecular weight excluding hydrogens is 343 g/mol. The molecule has 3 nitrogen and oxygen atoms in total. The molecule has 0 atom stereocenters. The molecule has 0 radical (unpaired) electrons. The van der Waals surface area contributed by atoms with Crippen molar-refractivity contribution in [3.63, 3.8) is 0 Å². The molecule has 0 aliphatic heterocycles. The third kappa shape index (κ3) is 3.99. The molecule has 3 aromatic rings. The van der Waals surface area contributed by atoms with Crippen LogP contribution in [-0.2, 0) is 11.3 Å². The summed E-state index contributed by atoms with van der Waals surface area (Å²) < 4.78 is 2.12. The summed E-state index contributed by atoms with van der Waals surface area (Å²) in [5, 5.41) is 5.04. The first-order valence-corrected chi connectivity index (χ1v) is 8.34. The van der Waals surface area contributed by atoms with E-state index in [1.807, 2.05) is 24.4 Å². The standard InChI is InChI=1S/C19H16Cl2N2O/c20-16-7-5-14(13-17(16)21)6-8-19(24)22-10-12-23-11-9-15-3-1-2-4-18(15)23/h1-9,11,13H,10,12H2,(H,22,24)/b8-6+. The van der Waals surface area contributed by atoms with Crippen molar-refractivity contribution in [1.82, 2.24) is 9.88 Å². The fourth-order valence-electron chi connectivity index (χ4n) is 2.48. The van der Waals surface area contributed by atoms with Crippen molar-refractivity contribution in [3.05, 3.63) is 76.4 Å².